The first-order valence-corrected chi connectivity index (χ1v) is 11.7. The smallest absolute Gasteiger partial charge is 0.251 e. The van der Waals surface area contributed by atoms with Gasteiger partial charge in [-0.25, -0.2) is 0 Å². The van der Waals surface area contributed by atoms with Gasteiger partial charge in [0.15, 0.2) is 5.78 Å². The lowest BCUT2D eigenvalue weighted by molar-refractivity contribution is -0.117. The summed E-state index contributed by atoms with van der Waals surface area (Å²) in [6, 6.07) is 20.9. The topological polar surface area (TPSA) is 75.3 Å². The molecule has 0 aliphatic heterocycles. The molecule has 3 rings (SSSR count). The maximum atomic E-state index is 13.0. The zero-order chi connectivity index (χ0) is 24.7. The van der Waals surface area contributed by atoms with Crippen LogP contribution in [0.3, 0.4) is 0 Å². The number of nitrogens with one attached hydrogen (secondary N) is 2. The number of carbonyl (C=O) groups excluding carboxylic acids is 3. The van der Waals surface area contributed by atoms with E-state index in [0.29, 0.717) is 45.4 Å². The molecule has 2 N–H and O–H groups in total. The number of anilines is 1. The van der Waals surface area contributed by atoms with Crippen molar-refractivity contribution in [2.24, 2.45) is 5.92 Å². The SMILES string of the molecule is CC(C)CCNC(=O)c1ccc(Cl)c(NC(=O)C(C)c2cccc(C(=O)c3ccccc3)c2)c1. The molecule has 0 heterocycles. The average molecular weight is 477 g/mol. The molecule has 0 radical (unpaired) electrons. The Balaban J connectivity index is 1.72. The third-order valence-corrected chi connectivity index (χ3v) is 5.90. The average Bonchev–Trinajstić information content (AvgIpc) is 2.84. The van der Waals surface area contributed by atoms with Crippen molar-refractivity contribution in [3.63, 3.8) is 0 Å². The second kappa shape index (κ2) is 11.6. The first kappa shape index (κ1) is 25.2. The predicted molar refractivity (Wildman–Crippen MR) is 137 cm³/mol. The van der Waals surface area contributed by atoms with E-state index in [4.69, 9.17) is 11.6 Å². The molecular weight excluding hydrogens is 448 g/mol. The van der Waals surface area contributed by atoms with E-state index in [1.165, 1.54) is 0 Å². The molecule has 0 aromatic heterocycles. The number of ketones is 1. The molecule has 0 spiro atoms. The standard InChI is InChI=1S/C28H29ClN2O3/c1-18(2)14-15-30-28(34)23-12-13-24(29)25(17-23)31-27(33)19(3)21-10-7-11-22(16-21)26(32)20-8-5-4-6-9-20/h4-13,16-19H,14-15H2,1-3H3,(H,30,34)(H,31,33). The molecule has 0 aliphatic rings. The van der Waals surface area contributed by atoms with Gasteiger partial charge >= 0.3 is 0 Å². The number of hydrogen-bond donors (Lipinski definition) is 2. The lowest BCUT2D eigenvalue weighted by Gasteiger charge is -2.15. The largest absolute Gasteiger partial charge is 0.352 e. The van der Waals surface area contributed by atoms with E-state index >= 15 is 0 Å². The quantitative estimate of drug-likeness (QED) is 0.367. The third kappa shape index (κ3) is 6.55. The second-order valence-electron chi connectivity index (χ2n) is 8.66. The summed E-state index contributed by atoms with van der Waals surface area (Å²) in [4.78, 5) is 38.2. The van der Waals surface area contributed by atoms with Gasteiger partial charge in [0, 0.05) is 23.2 Å². The van der Waals surface area contributed by atoms with Crippen molar-refractivity contribution < 1.29 is 14.4 Å². The minimum atomic E-state index is -0.539. The van der Waals surface area contributed by atoms with E-state index in [-0.39, 0.29) is 17.6 Å². The van der Waals surface area contributed by atoms with Gasteiger partial charge < -0.3 is 10.6 Å². The summed E-state index contributed by atoms with van der Waals surface area (Å²) in [6.07, 6.45) is 0.881. The fraction of sp³-hybridized carbons (Fsp3) is 0.250. The van der Waals surface area contributed by atoms with Crippen molar-refractivity contribution in [2.75, 3.05) is 11.9 Å². The van der Waals surface area contributed by atoms with Gasteiger partial charge in [-0.3, -0.25) is 14.4 Å². The van der Waals surface area contributed by atoms with Crippen molar-refractivity contribution in [1.82, 2.24) is 5.32 Å². The summed E-state index contributed by atoms with van der Waals surface area (Å²) in [5.41, 5.74) is 2.60. The number of hydrogen-bond acceptors (Lipinski definition) is 3. The van der Waals surface area contributed by atoms with Crippen LogP contribution < -0.4 is 10.6 Å². The predicted octanol–water partition coefficient (Wildman–Crippen LogP) is 6.09. The van der Waals surface area contributed by atoms with Gasteiger partial charge in [0.2, 0.25) is 5.91 Å². The van der Waals surface area contributed by atoms with Crippen LogP contribution in [-0.4, -0.2) is 24.1 Å². The summed E-state index contributed by atoms with van der Waals surface area (Å²) in [5.74, 6) is -0.655. The van der Waals surface area contributed by atoms with E-state index < -0.39 is 5.92 Å². The lowest BCUT2D eigenvalue weighted by Crippen LogP contribution is -2.25. The zero-order valence-electron chi connectivity index (χ0n) is 19.6. The maximum Gasteiger partial charge on any atom is 0.251 e. The molecule has 5 nitrogen and oxygen atoms in total. The molecule has 0 aliphatic carbocycles. The monoisotopic (exact) mass is 476 g/mol. The van der Waals surface area contributed by atoms with Gasteiger partial charge in [0.1, 0.15) is 0 Å². The van der Waals surface area contributed by atoms with Gasteiger partial charge in [-0.1, -0.05) is 74.0 Å². The van der Waals surface area contributed by atoms with Crippen LogP contribution in [0.4, 0.5) is 5.69 Å². The summed E-state index contributed by atoms with van der Waals surface area (Å²) >= 11 is 6.29. The Morgan fingerprint density at radius 1 is 0.824 bits per heavy atom. The van der Waals surface area contributed by atoms with E-state index in [9.17, 15) is 14.4 Å². The summed E-state index contributed by atoms with van der Waals surface area (Å²) in [5, 5.41) is 6.05. The van der Waals surface area contributed by atoms with Crippen molar-refractivity contribution in [2.45, 2.75) is 33.1 Å². The van der Waals surface area contributed by atoms with E-state index in [1.54, 1.807) is 55.5 Å². The fourth-order valence-electron chi connectivity index (χ4n) is 3.44. The molecule has 0 bridgehead atoms. The number of rotatable bonds is 9. The molecule has 0 fully saturated rings. The summed E-state index contributed by atoms with van der Waals surface area (Å²) < 4.78 is 0. The Morgan fingerprint density at radius 2 is 1.53 bits per heavy atom. The Hall–Kier alpha value is -3.44. The van der Waals surface area contributed by atoms with E-state index in [0.717, 1.165) is 6.42 Å². The van der Waals surface area contributed by atoms with Crippen LogP contribution >= 0.6 is 11.6 Å². The molecule has 3 aromatic rings. The van der Waals surface area contributed by atoms with Gasteiger partial charge in [-0.2, -0.15) is 0 Å². The van der Waals surface area contributed by atoms with Crippen LogP contribution in [0.25, 0.3) is 0 Å². The van der Waals surface area contributed by atoms with Crippen LogP contribution in [-0.2, 0) is 4.79 Å². The van der Waals surface area contributed by atoms with Crippen molar-refractivity contribution in [3.8, 4) is 0 Å². The van der Waals surface area contributed by atoms with Crippen LogP contribution in [0.5, 0.6) is 0 Å². The molecule has 176 valence electrons. The molecular formula is C28H29ClN2O3. The highest BCUT2D eigenvalue weighted by atomic mass is 35.5. The third-order valence-electron chi connectivity index (χ3n) is 5.57. The molecule has 1 unspecified atom stereocenters. The van der Waals surface area contributed by atoms with Crippen molar-refractivity contribution >= 4 is 34.9 Å². The molecule has 0 saturated carbocycles. The van der Waals surface area contributed by atoms with Crippen molar-refractivity contribution in [1.29, 1.82) is 0 Å². The fourth-order valence-corrected chi connectivity index (χ4v) is 3.60. The minimum absolute atomic E-state index is 0.103. The Morgan fingerprint density at radius 3 is 2.24 bits per heavy atom. The highest BCUT2D eigenvalue weighted by molar-refractivity contribution is 6.34. The van der Waals surface area contributed by atoms with Crippen molar-refractivity contribution in [3.05, 3.63) is 100 Å². The Kier molecular flexibility index (Phi) is 8.61. The van der Waals surface area contributed by atoms with Gasteiger partial charge in [-0.15, -0.1) is 0 Å². The molecule has 1 atom stereocenters. The van der Waals surface area contributed by atoms with E-state index in [2.05, 4.69) is 24.5 Å². The minimum Gasteiger partial charge on any atom is -0.352 e. The number of halogens is 1. The maximum absolute atomic E-state index is 13.0. The number of carbonyl (C=O) groups is 3. The summed E-state index contributed by atoms with van der Waals surface area (Å²) in [7, 11) is 0. The molecule has 34 heavy (non-hydrogen) atoms. The highest BCUT2D eigenvalue weighted by Crippen LogP contribution is 2.26. The lowest BCUT2D eigenvalue weighted by atomic mass is 9.95. The number of amides is 2. The summed E-state index contributed by atoms with van der Waals surface area (Å²) in [6.45, 7) is 6.53. The van der Waals surface area contributed by atoms with Crippen LogP contribution in [0.2, 0.25) is 5.02 Å². The van der Waals surface area contributed by atoms with Gasteiger partial charge in [0.05, 0.1) is 16.6 Å². The number of benzene rings is 3. The highest BCUT2D eigenvalue weighted by Gasteiger charge is 2.19. The van der Waals surface area contributed by atoms with Crippen LogP contribution in [0, 0.1) is 5.92 Å². The molecule has 6 heteroatoms. The Bertz CT molecular complexity index is 1180. The first-order valence-electron chi connectivity index (χ1n) is 11.3. The molecule has 0 saturated heterocycles. The van der Waals surface area contributed by atoms with Gasteiger partial charge in [0.25, 0.3) is 5.91 Å². The zero-order valence-corrected chi connectivity index (χ0v) is 20.4. The first-order chi connectivity index (χ1) is 16.3. The normalized spacial score (nSPS) is 11.7. The van der Waals surface area contributed by atoms with Crippen LogP contribution in [0.15, 0.2) is 72.8 Å². The van der Waals surface area contributed by atoms with E-state index in [1.807, 2.05) is 24.3 Å². The van der Waals surface area contributed by atoms with Crippen LogP contribution in [0.1, 0.15) is 65.0 Å². The van der Waals surface area contributed by atoms with Gasteiger partial charge in [-0.05, 0) is 49.1 Å². The Labute approximate surface area is 205 Å². The molecule has 3 aromatic carbocycles. The molecule has 2 amide bonds. The second-order valence-corrected chi connectivity index (χ2v) is 9.07.